The maximum Gasteiger partial charge on any atom is 0.107 e. The first-order chi connectivity index (χ1) is 8.88. The van der Waals surface area contributed by atoms with E-state index in [0.717, 1.165) is 47.2 Å². The van der Waals surface area contributed by atoms with Crippen LogP contribution in [-0.2, 0) is 11.2 Å². The Bertz CT molecular complexity index is 675. The van der Waals surface area contributed by atoms with Crippen molar-refractivity contribution in [3.8, 4) is 0 Å². The van der Waals surface area contributed by atoms with Gasteiger partial charge in [-0.1, -0.05) is 18.2 Å². The summed E-state index contributed by atoms with van der Waals surface area (Å²) in [5.74, 6) is 1.00. The van der Waals surface area contributed by atoms with Crippen LogP contribution in [0, 0.1) is 0 Å². The van der Waals surface area contributed by atoms with Crippen LogP contribution in [0.15, 0.2) is 30.5 Å². The Morgan fingerprint density at radius 3 is 3.06 bits per heavy atom. The zero-order valence-electron chi connectivity index (χ0n) is 10.3. The highest BCUT2D eigenvalue weighted by Gasteiger charge is 2.06. The molecule has 0 aliphatic rings. The first-order valence-electron chi connectivity index (χ1n) is 6.10. The molecule has 4 nitrogen and oxygen atoms in total. The molecule has 0 saturated heterocycles. The number of pyridine rings is 1. The number of aromatic amines is 1. The van der Waals surface area contributed by atoms with Crippen molar-refractivity contribution < 1.29 is 4.74 Å². The van der Waals surface area contributed by atoms with Gasteiger partial charge in [0.05, 0.1) is 22.7 Å². The topological polar surface area (TPSA) is 50.8 Å². The number of H-pyrrole nitrogens is 1. The summed E-state index contributed by atoms with van der Waals surface area (Å²) in [4.78, 5) is 12.4. The Kier molecular flexibility index (Phi) is 2.94. The van der Waals surface area contributed by atoms with Crippen molar-refractivity contribution in [3.05, 3.63) is 36.3 Å². The average Bonchev–Trinajstić information content (AvgIpc) is 2.82. The van der Waals surface area contributed by atoms with Crippen molar-refractivity contribution in [2.45, 2.75) is 12.8 Å². The Hall–Kier alpha value is -1.94. The molecule has 0 radical (unpaired) electrons. The van der Waals surface area contributed by atoms with Crippen LogP contribution >= 0.6 is 0 Å². The predicted molar refractivity (Wildman–Crippen MR) is 71.6 cm³/mol. The predicted octanol–water partition coefficient (Wildman–Crippen LogP) is 2.69. The third-order valence-corrected chi connectivity index (χ3v) is 3.03. The Labute approximate surface area is 105 Å². The third-order valence-electron chi connectivity index (χ3n) is 3.03. The molecule has 0 aliphatic heterocycles. The molecule has 0 unspecified atom stereocenters. The lowest BCUT2D eigenvalue weighted by Crippen LogP contribution is -1.93. The molecule has 0 bridgehead atoms. The first-order valence-corrected chi connectivity index (χ1v) is 6.10. The number of fused-ring (bicyclic) bond motifs is 3. The number of para-hydroxylation sites is 1. The molecule has 0 spiro atoms. The molecular weight excluding hydrogens is 226 g/mol. The molecule has 4 heteroatoms. The molecule has 3 aromatic rings. The Morgan fingerprint density at radius 1 is 1.28 bits per heavy atom. The number of rotatable bonds is 4. The number of aromatic nitrogens is 3. The van der Waals surface area contributed by atoms with E-state index < -0.39 is 0 Å². The van der Waals surface area contributed by atoms with E-state index in [1.54, 1.807) is 7.11 Å². The molecule has 92 valence electrons. The molecular formula is C14H15N3O. The lowest BCUT2D eigenvalue weighted by molar-refractivity contribution is 0.194. The van der Waals surface area contributed by atoms with Gasteiger partial charge in [0.1, 0.15) is 5.82 Å². The molecule has 2 aromatic heterocycles. The minimum Gasteiger partial charge on any atom is -0.385 e. The fourth-order valence-electron chi connectivity index (χ4n) is 2.16. The van der Waals surface area contributed by atoms with E-state index >= 15 is 0 Å². The molecule has 18 heavy (non-hydrogen) atoms. The molecule has 1 aromatic carbocycles. The van der Waals surface area contributed by atoms with Gasteiger partial charge in [-0.15, -0.1) is 0 Å². The molecule has 2 heterocycles. The van der Waals surface area contributed by atoms with Crippen LogP contribution in [0.25, 0.3) is 21.9 Å². The van der Waals surface area contributed by atoms with Crippen LogP contribution in [-0.4, -0.2) is 28.7 Å². The smallest absolute Gasteiger partial charge is 0.107 e. The second-order valence-electron chi connectivity index (χ2n) is 4.32. The molecule has 0 aliphatic carbocycles. The van der Waals surface area contributed by atoms with Gasteiger partial charge in [-0.3, -0.25) is 4.98 Å². The minimum atomic E-state index is 0.760. The standard InChI is InChI=1S/C14H15N3O/c1-18-8-4-7-13-16-12-9-15-11-6-3-2-5-10(11)14(12)17-13/h2-3,5-6,9H,4,7-8H2,1H3,(H,16,17). The lowest BCUT2D eigenvalue weighted by atomic mass is 10.2. The van der Waals surface area contributed by atoms with E-state index in [9.17, 15) is 0 Å². The van der Waals surface area contributed by atoms with Crippen molar-refractivity contribution in [1.82, 2.24) is 15.0 Å². The summed E-state index contributed by atoms with van der Waals surface area (Å²) >= 11 is 0. The van der Waals surface area contributed by atoms with E-state index in [-0.39, 0.29) is 0 Å². The summed E-state index contributed by atoms with van der Waals surface area (Å²) in [5, 5.41) is 1.10. The van der Waals surface area contributed by atoms with E-state index in [2.05, 4.69) is 21.0 Å². The first kappa shape index (κ1) is 11.2. The quantitative estimate of drug-likeness (QED) is 0.714. The van der Waals surface area contributed by atoms with Crippen LogP contribution in [0.5, 0.6) is 0 Å². The van der Waals surface area contributed by atoms with Gasteiger partial charge in [0.25, 0.3) is 0 Å². The van der Waals surface area contributed by atoms with Crippen LogP contribution in [0.1, 0.15) is 12.2 Å². The Morgan fingerprint density at radius 2 is 2.17 bits per heavy atom. The van der Waals surface area contributed by atoms with Gasteiger partial charge < -0.3 is 9.72 Å². The Balaban J connectivity index is 2.03. The highest BCUT2D eigenvalue weighted by molar-refractivity contribution is 6.01. The fraction of sp³-hybridized carbons (Fsp3) is 0.286. The highest BCUT2D eigenvalue weighted by atomic mass is 16.5. The van der Waals surface area contributed by atoms with Crippen LogP contribution in [0.3, 0.4) is 0 Å². The number of hydrogen-bond donors (Lipinski definition) is 1. The van der Waals surface area contributed by atoms with Crippen molar-refractivity contribution in [2.75, 3.05) is 13.7 Å². The number of hydrogen-bond acceptors (Lipinski definition) is 3. The summed E-state index contributed by atoms with van der Waals surface area (Å²) in [5.41, 5.74) is 2.99. The van der Waals surface area contributed by atoms with E-state index in [1.165, 1.54) is 0 Å². The number of aryl methyl sites for hydroxylation is 1. The summed E-state index contributed by atoms with van der Waals surface area (Å²) in [6.45, 7) is 0.760. The number of ether oxygens (including phenoxy) is 1. The number of imidazole rings is 1. The molecule has 0 atom stereocenters. The number of benzene rings is 1. The van der Waals surface area contributed by atoms with Gasteiger partial charge in [-0.2, -0.15) is 0 Å². The zero-order valence-corrected chi connectivity index (χ0v) is 10.3. The third kappa shape index (κ3) is 1.95. The van der Waals surface area contributed by atoms with Gasteiger partial charge in [0.2, 0.25) is 0 Å². The normalized spacial score (nSPS) is 11.4. The molecule has 0 amide bonds. The summed E-state index contributed by atoms with van der Waals surface area (Å²) in [6.07, 6.45) is 3.73. The highest BCUT2D eigenvalue weighted by Crippen LogP contribution is 2.21. The number of methoxy groups -OCH3 is 1. The second kappa shape index (κ2) is 4.74. The van der Waals surface area contributed by atoms with Gasteiger partial charge in [0, 0.05) is 25.5 Å². The largest absolute Gasteiger partial charge is 0.385 e. The summed E-state index contributed by atoms with van der Waals surface area (Å²) in [6, 6.07) is 8.08. The van der Waals surface area contributed by atoms with Gasteiger partial charge in [-0.25, -0.2) is 4.98 Å². The lowest BCUT2D eigenvalue weighted by Gasteiger charge is -1.95. The van der Waals surface area contributed by atoms with Crippen LogP contribution in [0.2, 0.25) is 0 Å². The van der Waals surface area contributed by atoms with Crippen LogP contribution in [0.4, 0.5) is 0 Å². The van der Waals surface area contributed by atoms with E-state index in [1.807, 2.05) is 24.4 Å². The maximum absolute atomic E-state index is 5.05. The summed E-state index contributed by atoms with van der Waals surface area (Å²) in [7, 11) is 1.72. The number of nitrogens with one attached hydrogen (secondary N) is 1. The van der Waals surface area contributed by atoms with Gasteiger partial charge in [0.15, 0.2) is 0 Å². The SMILES string of the molecule is COCCCc1nc2c(cnc3ccccc32)[nH]1. The molecule has 0 saturated carbocycles. The minimum absolute atomic E-state index is 0.760. The van der Waals surface area contributed by atoms with Crippen LogP contribution < -0.4 is 0 Å². The van der Waals surface area contributed by atoms with E-state index in [0.29, 0.717) is 0 Å². The molecule has 3 rings (SSSR count). The van der Waals surface area contributed by atoms with Crippen molar-refractivity contribution in [3.63, 3.8) is 0 Å². The monoisotopic (exact) mass is 241 g/mol. The van der Waals surface area contributed by atoms with Crippen molar-refractivity contribution in [2.24, 2.45) is 0 Å². The molecule has 1 N–H and O–H groups in total. The van der Waals surface area contributed by atoms with E-state index in [4.69, 9.17) is 4.74 Å². The fourth-order valence-corrected chi connectivity index (χ4v) is 2.16. The number of nitrogens with zero attached hydrogens (tertiary/aromatic N) is 2. The molecule has 0 fully saturated rings. The van der Waals surface area contributed by atoms with Crippen molar-refractivity contribution >= 4 is 21.9 Å². The summed E-state index contributed by atoms with van der Waals surface area (Å²) < 4.78 is 5.05. The van der Waals surface area contributed by atoms with Crippen molar-refractivity contribution in [1.29, 1.82) is 0 Å². The van der Waals surface area contributed by atoms with Gasteiger partial charge >= 0.3 is 0 Å². The maximum atomic E-state index is 5.05. The van der Waals surface area contributed by atoms with Gasteiger partial charge in [-0.05, 0) is 12.5 Å². The second-order valence-corrected chi connectivity index (χ2v) is 4.32. The average molecular weight is 241 g/mol. The zero-order chi connectivity index (χ0) is 12.4.